The van der Waals surface area contributed by atoms with Crippen molar-refractivity contribution in [1.82, 2.24) is 0 Å². The van der Waals surface area contributed by atoms with Gasteiger partial charge in [0, 0.05) is 38.4 Å². The van der Waals surface area contributed by atoms with Crippen molar-refractivity contribution in [2.45, 2.75) is 77.0 Å². The van der Waals surface area contributed by atoms with Gasteiger partial charge in [-0.3, -0.25) is 0 Å². The second-order valence-electron chi connectivity index (χ2n) is 13.5. The monoisotopic (exact) mass is 534 g/mol. The number of phenolic OH excluding ortho intramolecular Hbond substituents is 2. The number of benzene rings is 1. The molecule has 0 heterocycles. The minimum absolute atomic E-state index is 0.0897. The van der Waals surface area contributed by atoms with Crippen LogP contribution in [-0.2, 0) is 21.7 Å². The summed E-state index contributed by atoms with van der Waals surface area (Å²) in [5.41, 5.74) is 1.56. The molecule has 0 saturated carbocycles. The van der Waals surface area contributed by atoms with Gasteiger partial charge in [0.25, 0.3) is 0 Å². The zero-order valence-electron chi connectivity index (χ0n) is 25.4. The van der Waals surface area contributed by atoms with Gasteiger partial charge in [-0.1, -0.05) is 153 Å². The molecule has 4 aliphatic carbocycles. The predicted octanol–water partition coefficient (Wildman–Crippen LogP) is 9.18. The molecule has 0 spiro atoms. The van der Waals surface area contributed by atoms with Crippen LogP contribution in [0.4, 0.5) is 0 Å². The highest BCUT2D eigenvalue weighted by atomic mass is 16.3. The first-order valence-corrected chi connectivity index (χ1v) is 14.9. The fourth-order valence-corrected chi connectivity index (χ4v) is 7.42. The second kappa shape index (κ2) is 9.68. The average Bonchev–Trinajstić information content (AvgIpc) is 2.91. The van der Waals surface area contributed by atoms with E-state index in [9.17, 15) is 10.2 Å². The molecule has 8 atom stereocenters. The van der Waals surface area contributed by atoms with E-state index < -0.39 is 21.7 Å². The van der Waals surface area contributed by atoms with E-state index in [0.29, 0.717) is 5.56 Å². The van der Waals surface area contributed by atoms with E-state index in [0.717, 1.165) is 16.7 Å². The molecule has 0 fully saturated rings. The highest BCUT2D eigenvalue weighted by Gasteiger charge is 2.51. The van der Waals surface area contributed by atoms with E-state index in [1.165, 1.54) is 0 Å². The highest BCUT2D eigenvalue weighted by Crippen LogP contribution is 2.60. The molecule has 4 aliphatic rings. The molecule has 0 saturated heterocycles. The Morgan fingerprint density at radius 2 is 0.650 bits per heavy atom. The maximum Gasteiger partial charge on any atom is 0.127 e. The van der Waals surface area contributed by atoms with Crippen LogP contribution in [0.2, 0.25) is 0 Å². The van der Waals surface area contributed by atoms with Gasteiger partial charge in [-0.05, 0) is 29.2 Å². The summed E-state index contributed by atoms with van der Waals surface area (Å²) in [6, 6.07) is 0. The van der Waals surface area contributed by atoms with Crippen LogP contribution >= 0.6 is 0 Å². The van der Waals surface area contributed by atoms with E-state index in [4.69, 9.17) is 0 Å². The van der Waals surface area contributed by atoms with Gasteiger partial charge in [0.05, 0.1) is 0 Å². The van der Waals surface area contributed by atoms with Crippen molar-refractivity contribution in [3.63, 3.8) is 0 Å². The van der Waals surface area contributed by atoms with Crippen LogP contribution in [-0.4, -0.2) is 10.2 Å². The number of rotatable bonds is 4. The minimum Gasteiger partial charge on any atom is -0.507 e. The molecule has 2 heteroatoms. The summed E-state index contributed by atoms with van der Waals surface area (Å²) in [7, 11) is 0. The third-order valence-corrected chi connectivity index (χ3v) is 11.2. The van der Waals surface area contributed by atoms with Crippen LogP contribution in [0.15, 0.2) is 97.2 Å². The molecule has 0 amide bonds. The molecule has 0 aromatic heterocycles. The largest absolute Gasteiger partial charge is 0.507 e. The smallest absolute Gasteiger partial charge is 0.127 e. The predicted molar refractivity (Wildman–Crippen MR) is 169 cm³/mol. The molecule has 5 rings (SSSR count). The molecule has 1 aromatic carbocycles. The topological polar surface area (TPSA) is 40.5 Å². The van der Waals surface area contributed by atoms with Gasteiger partial charge in [0.2, 0.25) is 0 Å². The number of hydrogen-bond donors (Lipinski definition) is 2. The number of hydrogen-bond acceptors (Lipinski definition) is 2. The van der Waals surface area contributed by atoms with E-state index in [1.54, 1.807) is 0 Å². The number of aromatic hydroxyl groups is 2. The highest BCUT2D eigenvalue weighted by molar-refractivity contribution is 5.71. The van der Waals surface area contributed by atoms with Crippen LogP contribution in [0.1, 0.15) is 77.6 Å². The first-order chi connectivity index (χ1) is 18.8. The molecule has 2 nitrogen and oxygen atoms in total. The minimum atomic E-state index is -0.582. The Morgan fingerprint density at radius 1 is 0.400 bits per heavy atom. The molecular formula is C38H46O2. The average molecular weight is 535 g/mol. The Balaban J connectivity index is 2.03. The van der Waals surface area contributed by atoms with Gasteiger partial charge >= 0.3 is 0 Å². The van der Waals surface area contributed by atoms with Gasteiger partial charge in [-0.2, -0.15) is 0 Å². The quantitative estimate of drug-likeness (QED) is 0.404. The maximum atomic E-state index is 12.7. The Labute approximate surface area is 241 Å². The first kappa shape index (κ1) is 28.3. The normalized spacial score (nSPS) is 39.8. The standard InChI is InChI=1S/C38H46O2/c1-25-17-9-13-21-35(25,5)29-30(36(6)22-14-10-18-26(36)2)33(39)32(38(8)24-16-12-20-28(38)4)34(40)31(29)37(7)23-15-11-19-27(37)3/h9-28,39-40H,1-8H3. The Bertz CT molecular complexity index is 1380. The molecule has 1 aromatic rings. The molecule has 40 heavy (non-hydrogen) atoms. The van der Waals surface area contributed by atoms with Gasteiger partial charge in [-0.25, -0.2) is 0 Å². The Hall–Kier alpha value is -3.26. The fourth-order valence-electron chi connectivity index (χ4n) is 7.42. The molecule has 2 N–H and O–H groups in total. The maximum absolute atomic E-state index is 12.7. The number of phenols is 2. The van der Waals surface area contributed by atoms with Crippen molar-refractivity contribution in [2.75, 3.05) is 0 Å². The van der Waals surface area contributed by atoms with Crippen molar-refractivity contribution >= 4 is 0 Å². The number of allylic oxidation sites excluding steroid dienone is 16. The summed E-state index contributed by atoms with van der Waals surface area (Å²) in [5, 5.41) is 25.3. The molecule has 0 aliphatic heterocycles. The zero-order chi connectivity index (χ0) is 29.1. The van der Waals surface area contributed by atoms with Crippen LogP contribution < -0.4 is 0 Å². The van der Waals surface area contributed by atoms with Crippen molar-refractivity contribution in [1.29, 1.82) is 0 Å². The van der Waals surface area contributed by atoms with Crippen molar-refractivity contribution in [3.8, 4) is 11.5 Å². The summed E-state index contributed by atoms with van der Waals surface area (Å²) in [4.78, 5) is 0. The van der Waals surface area contributed by atoms with Gasteiger partial charge in [0.1, 0.15) is 11.5 Å². The first-order valence-electron chi connectivity index (χ1n) is 14.9. The van der Waals surface area contributed by atoms with Gasteiger partial charge < -0.3 is 10.2 Å². The van der Waals surface area contributed by atoms with Crippen molar-refractivity contribution < 1.29 is 10.2 Å². The van der Waals surface area contributed by atoms with Crippen molar-refractivity contribution in [2.24, 2.45) is 23.7 Å². The van der Waals surface area contributed by atoms with Crippen LogP contribution in [0, 0.1) is 23.7 Å². The summed E-state index contributed by atoms with van der Waals surface area (Å²) < 4.78 is 0. The van der Waals surface area contributed by atoms with E-state index in [-0.39, 0.29) is 35.2 Å². The lowest BCUT2D eigenvalue weighted by Crippen LogP contribution is -2.42. The molecular weight excluding hydrogens is 488 g/mol. The lowest BCUT2D eigenvalue weighted by molar-refractivity contribution is 0.332. The third kappa shape index (κ3) is 3.90. The summed E-state index contributed by atoms with van der Waals surface area (Å²) in [5.74, 6) is 0.996. The lowest BCUT2D eigenvalue weighted by Gasteiger charge is -2.48. The van der Waals surface area contributed by atoms with Crippen LogP contribution in [0.3, 0.4) is 0 Å². The molecule has 8 unspecified atom stereocenters. The second-order valence-corrected chi connectivity index (χ2v) is 13.5. The van der Waals surface area contributed by atoms with E-state index in [2.05, 4.69) is 147 Å². The Morgan fingerprint density at radius 3 is 0.925 bits per heavy atom. The Kier molecular flexibility index (Phi) is 6.85. The van der Waals surface area contributed by atoms with Crippen LogP contribution in [0.25, 0.3) is 0 Å². The fraction of sp³-hybridized carbons (Fsp3) is 0.421. The summed E-state index contributed by atoms with van der Waals surface area (Å²) >= 11 is 0. The van der Waals surface area contributed by atoms with Gasteiger partial charge in [-0.15, -0.1) is 0 Å². The van der Waals surface area contributed by atoms with E-state index in [1.807, 2.05) is 6.08 Å². The SMILES string of the molecule is CC1C=CC=CC1(C)c1c(O)c(C2(C)C=CC=CC2C)c(C2(C)C=CC=CC2C)c(C2(C)C=CC=CC2C)c1O. The van der Waals surface area contributed by atoms with Gasteiger partial charge in [0.15, 0.2) is 0 Å². The molecule has 210 valence electrons. The molecule has 0 radical (unpaired) electrons. The molecule has 0 bridgehead atoms. The lowest BCUT2D eigenvalue weighted by atomic mass is 9.55. The van der Waals surface area contributed by atoms with E-state index >= 15 is 0 Å². The third-order valence-electron chi connectivity index (χ3n) is 11.2. The summed E-state index contributed by atoms with van der Waals surface area (Å²) in [6.07, 6.45) is 34.6. The zero-order valence-corrected chi connectivity index (χ0v) is 25.4. The van der Waals surface area contributed by atoms with Crippen molar-refractivity contribution in [3.05, 3.63) is 119 Å². The summed E-state index contributed by atoms with van der Waals surface area (Å²) in [6.45, 7) is 17.8. The van der Waals surface area contributed by atoms with Crippen LogP contribution in [0.5, 0.6) is 11.5 Å².